The van der Waals surface area contributed by atoms with Gasteiger partial charge in [-0.1, -0.05) is 12.1 Å². The van der Waals surface area contributed by atoms with E-state index in [4.69, 9.17) is 10.00 Å². The monoisotopic (exact) mass is 369 g/mol. The smallest absolute Gasteiger partial charge is 0.417 e. The molecule has 142 valence electrons. The van der Waals surface area contributed by atoms with Crippen LogP contribution in [0.5, 0.6) is 0 Å². The Morgan fingerprint density at radius 3 is 2.31 bits per heavy atom. The predicted molar refractivity (Wildman–Crippen MR) is 89.2 cm³/mol. The van der Waals surface area contributed by atoms with Crippen LogP contribution in [0.2, 0.25) is 0 Å². The second-order valence-electron chi connectivity index (χ2n) is 7.19. The molecule has 0 saturated carbocycles. The maximum atomic E-state index is 13.3. The van der Waals surface area contributed by atoms with Crippen LogP contribution in [0.3, 0.4) is 0 Å². The number of nitrogens with zero attached hydrogens (tertiary/aromatic N) is 3. The topological polar surface area (TPSA) is 56.6 Å². The lowest BCUT2D eigenvalue weighted by molar-refractivity contribution is -0.138. The number of alkyl halides is 3. The molecular weight excluding hydrogens is 347 g/mol. The molecule has 0 bridgehead atoms. The standard InChI is InChI=1S/C18H22F3N3O2/c1-17(2,3)26-16(25)24-9-7-23(8-10-24)12-14-6-4-5-13(11-22)15(14)18(19,20)21/h4-6H,7-10,12H2,1-3H3. The van der Waals surface area contributed by atoms with Crippen molar-refractivity contribution in [3.05, 3.63) is 34.9 Å². The number of nitriles is 1. The summed E-state index contributed by atoms with van der Waals surface area (Å²) in [5.74, 6) is 0. The summed E-state index contributed by atoms with van der Waals surface area (Å²) >= 11 is 0. The number of benzene rings is 1. The highest BCUT2D eigenvalue weighted by Gasteiger charge is 2.37. The minimum atomic E-state index is -4.58. The van der Waals surface area contributed by atoms with Crippen LogP contribution in [-0.4, -0.2) is 47.7 Å². The van der Waals surface area contributed by atoms with Crippen molar-refractivity contribution in [3.8, 4) is 6.07 Å². The van der Waals surface area contributed by atoms with E-state index >= 15 is 0 Å². The van der Waals surface area contributed by atoms with Crippen molar-refractivity contribution in [1.82, 2.24) is 9.80 Å². The van der Waals surface area contributed by atoms with Gasteiger partial charge in [0.25, 0.3) is 0 Å². The van der Waals surface area contributed by atoms with Gasteiger partial charge in [-0.2, -0.15) is 18.4 Å². The SMILES string of the molecule is CC(C)(C)OC(=O)N1CCN(Cc2cccc(C#N)c2C(F)(F)F)CC1. The molecule has 1 fully saturated rings. The Morgan fingerprint density at radius 2 is 1.81 bits per heavy atom. The fourth-order valence-electron chi connectivity index (χ4n) is 2.82. The third-order valence-corrected chi connectivity index (χ3v) is 3.97. The molecule has 1 aliphatic heterocycles. The average Bonchev–Trinajstić information content (AvgIpc) is 2.52. The second-order valence-corrected chi connectivity index (χ2v) is 7.19. The summed E-state index contributed by atoms with van der Waals surface area (Å²) in [6.07, 6.45) is -5.00. The quantitative estimate of drug-likeness (QED) is 0.799. The van der Waals surface area contributed by atoms with Crippen LogP contribution in [0.4, 0.5) is 18.0 Å². The lowest BCUT2D eigenvalue weighted by Crippen LogP contribution is -2.49. The number of hydrogen-bond donors (Lipinski definition) is 0. The number of carbonyl (C=O) groups excluding carboxylic acids is 1. The van der Waals surface area contributed by atoms with Gasteiger partial charge >= 0.3 is 12.3 Å². The Kier molecular flexibility index (Phi) is 5.81. The van der Waals surface area contributed by atoms with Gasteiger partial charge in [-0.3, -0.25) is 4.90 Å². The molecule has 1 aliphatic rings. The lowest BCUT2D eigenvalue weighted by Gasteiger charge is -2.36. The average molecular weight is 369 g/mol. The van der Waals surface area contributed by atoms with Crippen LogP contribution in [0.1, 0.15) is 37.5 Å². The van der Waals surface area contributed by atoms with Gasteiger partial charge in [-0.15, -0.1) is 0 Å². The molecule has 26 heavy (non-hydrogen) atoms. The zero-order valence-electron chi connectivity index (χ0n) is 15.1. The van der Waals surface area contributed by atoms with E-state index in [0.29, 0.717) is 26.2 Å². The van der Waals surface area contributed by atoms with Crippen LogP contribution in [-0.2, 0) is 17.5 Å². The first kappa shape index (κ1) is 20.0. The molecule has 8 heteroatoms. The van der Waals surface area contributed by atoms with Gasteiger partial charge < -0.3 is 9.64 Å². The molecule has 2 rings (SSSR count). The molecule has 1 heterocycles. The number of ether oxygens (including phenoxy) is 1. The highest BCUT2D eigenvalue weighted by molar-refractivity contribution is 5.68. The van der Waals surface area contributed by atoms with Crippen LogP contribution in [0.15, 0.2) is 18.2 Å². The van der Waals surface area contributed by atoms with E-state index in [2.05, 4.69) is 0 Å². The van der Waals surface area contributed by atoms with Crippen molar-refractivity contribution in [3.63, 3.8) is 0 Å². The number of carbonyl (C=O) groups is 1. The Hall–Kier alpha value is -2.27. The highest BCUT2D eigenvalue weighted by Crippen LogP contribution is 2.35. The zero-order valence-corrected chi connectivity index (χ0v) is 15.1. The Balaban J connectivity index is 2.05. The minimum Gasteiger partial charge on any atom is -0.444 e. The third kappa shape index (κ3) is 5.11. The summed E-state index contributed by atoms with van der Waals surface area (Å²) in [6, 6.07) is 5.64. The summed E-state index contributed by atoms with van der Waals surface area (Å²) in [5.41, 5.74) is -1.77. The zero-order chi connectivity index (χ0) is 19.5. The van der Waals surface area contributed by atoms with Gasteiger partial charge in [0.2, 0.25) is 0 Å². The molecule has 0 spiro atoms. The Morgan fingerprint density at radius 1 is 1.19 bits per heavy atom. The van der Waals surface area contributed by atoms with Gasteiger partial charge in [0.1, 0.15) is 5.60 Å². The van der Waals surface area contributed by atoms with Crippen molar-refractivity contribution < 1.29 is 22.7 Å². The number of amides is 1. The van der Waals surface area contributed by atoms with Gasteiger partial charge in [-0.05, 0) is 32.4 Å². The molecular formula is C18H22F3N3O2. The van der Waals surface area contributed by atoms with E-state index in [9.17, 15) is 18.0 Å². The molecule has 0 aliphatic carbocycles. The molecule has 0 unspecified atom stereocenters. The largest absolute Gasteiger partial charge is 0.444 e. The molecule has 0 radical (unpaired) electrons. The first-order chi connectivity index (χ1) is 12.0. The van der Waals surface area contributed by atoms with E-state index < -0.39 is 23.4 Å². The molecule has 0 atom stereocenters. The van der Waals surface area contributed by atoms with Crippen LogP contribution in [0.25, 0.3) is 0 Å². The normalized spacial score (nSPS) is 16.3. The third-order valence-electron chi connectivity index (χ3n) is 3.97. The summed E-state index contributed by atoms with van der Waals surface area (Å²) < 4.78 is 45.3. The number of halogens is 3. The number of rotatable bonds is 2. The fraction of sp³-hybridized carbons (Fsp3) is 0.556. The van der Waals surface area contributed by atoms with Crippen molar-refractivity contribution in [2.75, 3.05) is 26.2 Å². The molecule has 0 aromatic heterocycles. The summed E-state index contributed by atoms with van der Waals surface area (Å²) in [6.45, 7) is 7.06. The number of hydrogen-bond acceptors (Lipinski definition) is 4. The van der Waals surface area contributed by atoms with Crippen molar-refractivity contribution in [1.29, 1.82) is 5.26 Å². The fourth-order valence-corrected chi connectivity index (χ4v) is 2.82. The Bertz CT molecular complexity index is 697. The van der Waals surface area contributed by atoms with Crippen LogP contribution >= 0.6 is 0 Å². The van der Waals surface area contributed by atoms with E-state index in [1.165, 1.54) is 18.2 Å². The number of piperazine rings is 1. The van der Waals surface area contributed by atoms with Crippen LogP contribution in [0, 0.1) is 11.3 Å². The summed E-state index contributed by atoms with van der Waals surface area (Å²) in [4.78, 5) is 15.4. The molecule has 1 aromatic rings. The molecule has 5 nitrogen and oxygen atoms in total. The van der Waals surface area contributed by atoms with Gasteiger partial charge in [0.15, 0.2) is 0 Å². The first-order valence-electron chi connectivity index (χ1n) is 8.31. The van der Waals surface area contributed by atoms with E-state index in [0.717, 1.165) is 0 Å². The van der Waals surface area contributed by atoms with Gasteiger partial charge in [0, 0.05) is 32.7 Å². The van der Waals surface area contributed by atoms with E-state index in [1.807, 2.05) is 4.90 Å². The van der Waals surface area contributed by atoms with Gasteiger partial charge in [0.05, 0.1) is 17.2 Å². The molecule has 1 aromatic carbocycles. The van der Waals surface area contributed by atoms with Crippen LogP contribution < -0.4 is 0 Å². The molecule has 1 saturated heterocycles. The van der Waals surface area contributed by atoms with E-state index in [-0.39, 0.29) is 17.7 Å². The summed E-state index contributed by atoms with van der Waals surface area (Å²) in [7, 11) is 0. The van der Waals surface area contributed by atoms with Crippen molar-refractivity contribution >= 4 is 6.09 Å². The Labute approximate surface area is 150 Å². The maximum Gasteiger partial charge on any atom is 0.417 e. The second kappa shape index (κ2) is 7.54. The molecule has 1 amide bonds. The van der Waals surface area contributed by atoms with Crippen molar-refractivity contribution in [2.24, 2.45) is 0 Å². The minimum absolute atomic E-state index is 0.0715. The lowest BCUT2D eigenvalue weighted by atomic mass is 10.0. The van der Waals surface area contributed by atoms with E-state index in [1.54, 1.807) is 31.7 Å². The maximum absolute atomic E-state index is 13.3. The summed E-state index contributed by atoms with van der Waals surface area (Å²) in [5, 5.41) is 8.98. The van der Waals surface area contributed by atoms with Crippen molar-refractivity contribution in [2.45, 2.75) is 39.1 Å². The van der Waals surface area contributed by atoms with Gasteiger partial charge in [-0.25, -0.2) is 4.79 Å². The predicted octanol–water partition coefficient (Wildman–Crippen LogP) is 3.63. The first-order valence-corrected chi connectivity index (χ1v) is 8.31. The highest BCUT2D eigenvalue weighted by atomic mass is 19.4. The molecule has 0 N–H and O–H groups in total.